The van der Waals surface area contributed by atoms with Crippen molar-refractivity contribution in [3.8, 4) is 17.2 Å². The zero-order chi connectivity index (χ0) is 21.7. The molecule has 0 aromatic heterocycles. The van der Waals surface area contributed by atoms with E-state index in [1.54, 1.807) is 18.2 Å². The summed E-state index contributed by atoms with van der Waals surface area (Å²) in [6.45, 7) is 4.24. The van der Waals surface area contributed by atoms with Crippen LogP contribution >= 0.6 is 0 Å². The van der Waals surface area contributed by atoms with E-state index in [4.69, 9.17) is 14.2 Å². The van der Waals surface area contributed by atoms with Crippen LogP contribution < -0.4 is 24.2 Å². The Labute approximate surface area is 176 Å². The Morgan fingerprint density at radius 2 is 1.80 bits per heavy atom. The third-order valence-corrected chi connectivity index (χ3v) is 6.32. The predicted octanol–water partition coefficient (Wildman–Crippen LogP) is 2.43. The molecule has 9 heteroatoms. The molecular weight excluding hydrogens is 408 g/mol. The molecule has 1 aliphatic rings. The molecule has 162 valence electrons. The molecule has 2 N–H and O–H groups in total. The maximum absolute atomic E-state index is 12.7. The lowest BCUT2D eigenvalue weighted by atomic mass is 10.0. The van der Waals surface area contributed by atoms with Crippen LogP contribution in [0.3, 0.4) is 0 Å². The van der Waals surface area contributed by atoms with E-state index >= 15 is 0 Å². The summed E-state index contributed by atoms with van der Waals surface area (Å²) in [5.74, 6) is 1.57. The van der Waals surface area contributed by atoms with Crippen LogP contribution in [-0.4, -0.2) is 34.3 Å². The molecule has 2 aromatic rings. The highest BCUT2D eigenvalue weighted by atomic mass is 32.2. The zero-order valence-corrected chi connectivity index (χ0v) is 18.0. The molecule has 0 fully saturated rings. The molecular formula is C21H26N2O6S. The highest BCUT2D eigenvalue weighted by Crippen LogP contribution is 2.32. The molecule has 1 atom stereocenters. The number of benzene rings is 2. The van der Waals surface area contributed by atoms with E-state index in [0.717, 1.165) is 5.56 Å². The molecule has 2 aromatic carbocycles. The first-order valence-corrected chi connectivity index (χ1v) is 11.1. The van der Waals surface area contributed by atoms with Crippen LogP contribution in [0.5, 0.6) is 17.2 Å². The second-order valence-electron chi connectivity index (χ2n) is 7.32. The van der Waals surface area contributed by atoms with Gasteiger partial charge in [-0.3, -0.25) is 4.79 Å². The van der Waals surface area contributed by atoms with Crippen molar-refractivity contribution in [3.05, 3.63) is 48.0 Å². The molecule has 1 aliphatic heterocycles. The zero-order valence-electron chi connectivity index (χ0n) is 17.2. The maximum atomic E-state index is 12.7. The Bertz CT molecular complexity index is 989. The van der Waals surface area contributed by atoms with Gasteiger partial charge >= 0.3 is 0 Å². The summed E-state index contributed by atoms with van der Waals surface area (Å²) in [7, 11) is -2.25. The number of carbonyl (C=O) groups is 1. The Morgan fingerprint density at radius 1 is 1.10 bits per heavy atom. The van der Waals surface area contributed by atoms with Gasteiger partial charge in [-0.1, -0.05) is 19.9 Å². The normalized spacial score (nSPS) is 13.9. The first-order chi connectivity index (χ1) is 14.3. The van der Waals surface area contributed by atoms with Gasteiger partial charge in [-0.05, 0) is 47.9 Å². The number of rotatable bonds is 9. The summed E-state index contributed by atoms with van der Waals surface area (Å²) in [5.41, 5.74) is 0.868. The van der Waals surface area contributed by atoms with E-state index in [-0.39, 0.29) is 29.9 Å². The average molecular weight is 435 g/mol. The number of hydrogen-bond acceptors (Lipinski definition) is 6. The van der Waals surface area contributed by atoms with Crippen LogP contribution in [-0.2, 0) is 21.4 Å². The summed E-state index contributed by atoms with van der Waals surface area (Å²) in [4.78, 5) is 12.6. The number of hydrogen-bond donors (Lipinski definition) is 2. The van der Waals surface area contributed by atoms with Crippen molar-refractivity contribution >= 4 is 15.9 Å². The quantitative estimate of drug-likeness (QED) is 0.628. The van der Waals surface area contributed by atoms with Crippen molar-refractivity contribution in [1.82, 2.24) is 10.0 Å². The van der Waals surface area contributed by atoms with Crippen molar-refractivity contribution in [2.75, 3.05) is 13.9 Å². The fraction of sp³-hybridized carbons (Fsp3) is 0.381. The second kappa shape index (κ2) is 9.36. The van der Waals surface area contributed by atoms with Crippen LogP contribution in [0.2, 0.25) is 0 Å². The number of nitrogens with one attached hydrogen (secondary N) is 2. The SMILES string of the molecule is COc1ccc(S(=O)(=O)NC(CC(=O)NCc2ccc3c(c2)OCO3)C(C)C)cc1. The van der Waals surface area contributed by atoms with Gasteiger partial charge in [-0.25, -0.2) is 13.1 Å². The number of carbonyl (C=O) groups excluding carboxylic acids is 1. The van der Waals surface area contributed by atoms with Gasteiger partial charge in [0, 0.05) is 19.0 Å². The largest absolute Gasteiger partial charge is 0.497 e. The number of amides is 1. The summed E-state index contributed by atoms with van der Waals surface area (Å²) in [6, 6.07) is 11.0. The summed E-state index contributed by atoms with van der Waals surface area (Å²) in [5, 5.41) is 2.83. The van der Waals surface area contributed by atoms with Crippen LogP contribution in [0.1, 0.15) is 25.8 Å². The van der Waals surface area contributed by atoms with Gasteiger partial charge < -0.3 is 19.5 Å². The van der Waals surface area contributed by atoms with Gasteiger partial charge in [-0.15, -0.1) is 0 Å². The van der Waals surface area contributed by atoms with E-state index in [2.05, 4.69) is 10.0 Å². The third kappa shape index (κ3) is 5.43. The van der Waals surface area contributed by atoms with Gasteiger partial charge in [0.2, 0.25) is 22.7 Å². The maximum Gasteiger partial charge on any atom is 0.240 e. The lowest BCUT2D eigenvalue weighted by Crippen LogP contribution is -2.42. The van der Waals surface area contributed by atoms with Gasteiger partial charge in [0.1, 0.15) is 5.75 Å². The molecule has 1 unspecified atom stereocenters. The summed E-state index contributed by atoms with van der Waals surface area (Å²) in [6.07, 6.45) is 0.0254. The van der Waals surface area contributed by atoms with E-state index in [1.807, 2.05) is 26.0 Å². The Balaban J connectivity index is 1.59. The fourth-order valence-corrected chi connectivity index (χ4v) is 4.34. The van der Waals surface area contributed by atoms with Gasteiger partial charge in [0.05, 0.1) is 12.0 Å². The number of ether oxygens (including phenoxy) is 3. The molecule has 1 amide bonds. The molecule has 0 saturated heterocycles. The molecule has 0 saturated carbocycles. The Hall–Kier alpha value is -2.78. The lowest BCUT2D eigenvalue weighted by Gasteiger charge is -2.22. The van der Waals surface area contributed by atoms with Crippen LogP contribution in [0, 0.1) is 5.92 Å². The van der Waals surface area contributed by atoms with Crippen LogP contribution in [0.4, 0.5) is 0 Å². The third-order valence-electron chi connectivity index (χ3n) is 4.81. The molecule has 0 spiro atoms. The summed E-state index contributed by atoms with van der Waals surface area (Å²) < 4.78 is 43.7. The first-order valence-electron chi connectivity index (χ1n) is 9.60. The van der Waals surface area contributed by atoms with Gasteiger partial charge in [0.15, 0.2) is 11.5 Å². The van der Waals surface area contributed by atoms with Crippen molar-refractivity contribution < 1.29 is 27.4 Å². The predicted molar refractivity (Wildman–Crippen MR) is 111 cm³/mol. The average Bonchev–Trinajstić information content (AvgIpc) is 3.19. The van der Waals surface area contributed by atoms with Crippen LogP contribution in [0.15, 0.2) is 47.4 Å². The number of fused-ring (bicyclic) bond motifs is 1. The number of methoxy groups -OCH3 is 1. The molecule has 0 aliphatic carbocycles. The first kappa shape index (κ1) is 21.9. The standard InChI is InChI=1S/C21H26N2O6S/c1-14(2)18(23-30(25,26)17-7-5-16(27-3)6-8-17)11-21(24)22-12-15-4-9-19-20(10-15)29-13-28-19/h4-10,14,18,23H,11-13H2,1-3H3,(H,22,24). The minimum absolute atomic E-state index is 0.0254. The second-order valence-corrected chi connectivity index (χ2v) is 9.03. The summed E-state index contributed by atoms with van der Waals surface area (Å²) >= 11 is 0. The van der Waals surface area contributed by atoms with E-state index < -0.39 is 16.1 Å². The highest BCUT2D eigenvalue weighted by molar-refractivity contribution is 7.89. The molecule has 0 bridgehead atoms. The van der Waals surface area contributed by atoms with Gasteiger partial charge in [-0.2, -0.15) is 0 Å². The van der Waals surface area contributed by atoms with E-state index in [9.17, 15) is 13.2 Å². The monoisotopic (exact) mass is 434 g/mol. The minimum Gasteiger partial charge on any atom is -0.497 e. The molecule has 1 heterocycles. The number of sulfonamides is 1. The van der Waals surface area contributed by atoms with Crippen LogP contribution in [0.25, 0.3) is 0 Å². The Morgan fingerprint density at radius 3 is 2.47 bits per heavy atom. The molecule has 8 nitrogen and oxygen atoms in total. The van der Waals surface area contributed by atoms with Crippen molar-refractivity contribution in [1.29, 1.82) is 0 Å². The van der Waals surface area contributed by atoms with Crippen molar-refractivity contribution in [3.63, 3.8) is 0 Å². The molecule has 0 radical (unpaired) electrons. The van der Waals surface area contributed by atoms with Crippen molar-refractivity contribution in [2.24, 2.45) is 5.92 Å². The minimum atomic E-state index is -3.77. The topological polar surface area (TPSA) is 103 Å². The van der Waals surface area contributed by atoms with E-state index in [0.29, 0.717) is 23.8 Å². The fourth-order valence-electron chi connectivity index (χ4n) is 2.96. The molecule has 3 rings (SSSR count). The van der Waals surface area contributed by atoms with E-state index in [1.165, 1.54) is 19.2 Å². The molecule has 30 heavy (non-hydrogen) atoms. The smallest absolute Gasteiger partial charge is 0.240 e. The highest BCUT2D eigenvalue weighted by Gasteiger charge is 2.25. The van der Waals surface area contributed by atoms with Crippen molar-refractivity contribution in [2.45, 2.75) is 37.8 Å². The van der Waals surface area contributed by atoms with Gasteiger partial charge in [0.25, 0.3) is 0 Å². The lowest BCUT2D eigenvalue weighted by molar-refractivity contribution is -0.121. The Kier molecular flexibility index (Phi) is 6.84.